The van der Waals surface area contributed by atoms with Gasteiger partial charge in [-0.15, -0.1) is 5.10 Å². The summed E-state index contributed by atoms with van der Waals surface area (Å²) in [6.45, 7) is 0.183. The molecule has 11 heteroatoms. The topological polar surface area (TPSA) is 121 Å². The summed E-state index contributed by atoms with van der Waals surface area (Å²) >= 11 is 8.96. The van der Waals surface area contributed by atoms with E-state index in [-0.39, 0.29) is 16.7 Å². The van der Waals surface area contributed by atoms with Crippen LogP contribution >= 0.6 is 46.0 Å². The summed E-state index contributed by atoms with van der Waals surface area (Å²) in [5.74, 6) is 0.314. The fourth-order valence-corrected chi connectivity index (χ4v) is 4.90. The molecule has 186 valence electrons. The zero-order valence-electron chi connectivity index (χ0n) is 19.2. The van der Waals surface area contributed by atoms with Crippen molar-refractivity contribution in [2.24, 2.45) is 0 Å². The predicted octanol–water partition coefficient (Wildman–Crippen LogP) is 6.41. The number of halogens is 2. The van der Waals surface area contributed by atoms with Crippen LogP contribution < -0.4 is 9.47 Å². The molecule has 0 amide bonds. The van der Waals surface area contributed by atoms with E-state index in [0.717, 1.165) is 26.5 Å². The highest BCUT2D eigenvalue weighted by atomic mass is 127. The van der Waals surface area contributed by atoms with Gasteiger partial charge in [-0.1, -0.05) is 29.8 Å². The Balaban J connectivity index is 1.56. The Hall–Kier alpha value is -3.53. The van der Waals surface area contributed by atoms with Crippen LogP contribution in [0.25, 0.3) is 17.5 Å². The average Bonchev–Trinajstić information content (AvgIpc) is 3.36. The molecule has 8 nitrogen and oxygen atoms in total. The van der Waals surface area contributed by atoms with Crippen LogP contribution in [0.3, 0.4) is 0 Å². The van der Waals surface area contributed by atoms with Crippen LogP contribution in [0.4, 0.5) is 0 Å². The van der Waals surface area contributed by atoms with Gasteiger partial charge < -0.3 is 14.6 Å². The lowest BCUT2D eigenvalue weighted by Crippen LogP contribution is -2.02. The van der Waals surface area contributed by atoms with Crippen LogP contribution in [0, 0.1) is 14.9 Å². The third-order valence-electron chi connectivity index (χ3n) is 5.05. The number of nitriles is 1. The summed E-state index contributed by atoms with van der Waals surface area (Å²) in [6, 6.07) is 19.9. The van der Waals surface area contributed by atoms with Crippen molar-refractivity contribution in [2.75, 3.05) is 7.11 Å². The zero-order chi connectivity index (χ0) is 26.4. The Morgan fingerprint density at radius 2 is 2.00 bits per heavy atom. The highest BCUT2D eigenvalue weighted by Gasteiger charge is 2.17. The minimum absolute atomic E-state index is 0.0242. The van der Waals surface area contributed by atoms with E-state index in [1.54, 1.807) is 48.5 Å². The molecule has 37 heavy (non-hydrogen) atoms. The maximum Gasteiger partial charge on any atom is 0.342 e. The molecule has 4 rings (SSSR count). The fourth-order valence-electron chi connectivity index (χ4n) is 3.28. The first-order valence-electron chi connectivity index (χ1n) is 10.7. The lowest BCUT2D eigenvalue weighted by molar-refractivity contribution is -0.131. The third-order valence-corrected chi connectivity index (χ3v) is 6.98. The second kappa shape index (κ2) is 12.1. The molecule has 0 aliphatic heterocycles. The Bertz CT molecular complexity index is 1520. The minimum atomic E-state index is -1.12. The number of aromatic nitrogens is 3. The molecule has 1 aromatic heterocycles. The number of carboxylic acid groups (broad SMARTS) is 1. The standard InChI is InChI=1S/C26H18ClIN4O4S/c1-35-21-11-15(10-20(28)23(21)36-14-18-5-3-2-4-17(18)13-29)12-22(25(33)34)37-26-30-24(31-32-26)16-6-8-19(27)9-7-16/h2-12H,14H2,1H3,(H,33,34)(H,30,31,32)/b22-12-. The van der Waals surface area contributed by atoms with E-state index in [4.69, 9.17) is 21.1 Å². The van der Waals surface area contributed by atoms with Gasteiger partial charge in [-0.05, 0) is 88.5 Å². The van der Waals surface area contributed by atoms with E-state index in [0.29, 0.717) is 33.5 Å². The maximum atomic E-state index is 12.0. The van der Waals surface area contributed by atoms with Gasteiger partial charge in [-0.25, -0.2) is 9.78 Å². The molecule has 2 N–H and O–H groups in total. The SMILES string of the molecule is COc1cc(/C=C(\Sc2n[nH]c(-c3ccc(Cl)cc3)n2)C(=O)O)cc(I)c1OCc1ccccc1C#N. The number of ether oxygens (including phenoxy) is 2. The molecule has 3 aromatic carbocycles. The summed E-state index contributed by atoms with van der Waals surface area (Å²) in [5, 5.41) is 26.9. The van der Waals surface area contributed by atoms with Crippen molar-refractivity contribution in [3.63, 3.8) is 0 Å². The maximum absolute atomic E-state index is 12.0. The quantitative estimate of drug-likeness (QED) is 0.122. The summed E-state index contributed by atoms with van der Waals surface area (Å²) in [6.07, 6.45) is 1.52. The molecule has 0 aliphatic rings. The van der Waals surface area contributed by atoms with Crippen molar-refractivity contribution in [2.45, 2.75) is 11.8 Å². The molecule has 0 aliphatic carbocycles. The second-order valence-electron chi connectivity index (χ2n) is 7.48. The Morgan fingerprint density at radius 3 is 2.70 bits per heavy atom. The van der Waals surface area contributed by atoms with Crippen LogP contribution in [-0.2, 0) is 11.4 Å². The van der Waals surface area contributed by atoms with E-state index in [9.17, 15) is 15.2 Å². The van der Waals surface area contributed by atoms with Gasteiger partial charge in [0.05, 0.1) is 22.3 Å². The van der Waals surface area contributed by atoms with Crippen molar-refractivity contribution in [1.82, 2.24) is 15.2 Å². The largest absolute Gasteiger partial charge is 0.493 e. The molecular formula is C26H18ClIN4O4S. The number of H-pyrrole nitrogens is 1. The number of carboxylic acids is 1. The van der Waals surface area contributed by atoms with E-state index in [1.807, 2.05) is 12.1 Å². The number of hydrogen-bond donors (Lipinski definition) is 2. The molecular weight excluding hydrogens is 627 g/mol. The van der Waals surface area contributed by atoms with Crippen LogP contribution in [-0.4, -0.2) is 33.4 Å². The number of nitrogens with zero attached hydrogens (tertiary/aromatic N) is 3. The first-order chi connectivity index (χ1) is 17.9. The fraction of sp³-hybridized carbons (Fsp3) is 0.0769. The van der Waals surface area contributed by atoms with E-state index in [2.05, 4.69) is 43.8 Å². The number of benzene rings is 3. The van der Waals surface area contributed by atoms with Crippen LogP contribution in [0.2, 0.25) is 5.02 Å². The molecule has 0 saturated heterocycles. The molecule has 0 radical (unpaired) electrons. The Morgan fingerprint density at radius 1 is 1.24 bits per heavy atom. The van der Waals surface area contributed by atoms with Gasteiger partial charge >= 0.3 is 5.97 Å². The number of aromatic amines is 1. The second-order valence-corrected chi connectivity index (χ2v) is 10.1. The van der Waals surface area contributed by atoms with Crippen molar-refractivity contribution in [3.05, 3.63) is 90.9 Å². The van der Waals surface area contributed by atoms with Crippen LogP contribution in [0.1, 0.15) is 16.7 Å². The van der Waals surface area contributed by atoms with Gasteiger partial charge in [0.15, 0.2) is 17.3 Å². The molecule has 0 unspecified atom stereocenters. The third kappa shape index (κ3) is 6.62. The van der Waals surface area contributed by atoms with E-state index < -0.39 is 5.97 Å². The number of thioether (sulfide) groups is 1. The van der Waals surface area contributed by atoms with E-state index >= 15 is 0 Å². The molecule has 0 atom stereocenters. The molecule has 0 spiro atoms. The molecule has 0 fully saturated rings. The van der Waals surface area contributed by atoms with Gasteiger partial charge in [0.1, 0.15) is 11.5 Å². The molecule has 0 bridgehead atoms. The monoisotopic (exact) mass is 644 g/mol. The summed E-state index contributed by atoms with van der Waals surface area (Å²) in [5.41, 5.74) is 2.66. The van der Waals surface area contributed by atoms with Crippen LogP contribution in [0.5, 0.6) is 11.5 Å². The summed E-state index contributed by atoms with van der Waals surface area (Å²) in [4.78, 5) is 16.4. The smallest absolute Gasteiger partial charge is 0.342 e. The van der Waals surface area contributed by atoms with Crippen molar-refractivity contribution >= 4 is 58.0 Å². The number of nitrogens with one attached hydrogen (secondary N) is 1. The van der Waals surface area contributed by atoms with Gasteiger partial charge in [-0.2, -0.15) is 5.26 Å². The van der Waals surface area contributed by atoms with Gasteiger partial charge in [-0.3, -0.25) is 5.10 Å². The normalized spacial score (nSPS) is 11.1. The Labute approximate surface area is 235 Å². The van der Waals surface area contributed by atoms with Gasteiger partial charge in [0, 0.05) is 16.1 Å². The molecule has 0 saturated carbocycles. The number of rotatable bonds is 9. The highest BCUT2D eigenvalue weighted by molar-refractivity contribution is 14.1. The lowest BCUT2D eigenvalue weighted by Gasteiger charge is -2.14. The summed E-state index contributed by atoms with van der Waals surface area (Å²) < 4.78 is 12.2. The number of carbonyl (C=O) groups is 1. The van der Waals surface area contributed by atoms with E-state index in [1.165, 1.54) is 13.2 Å². The lowest BCUT2D eigenvalue weighted by atomic mass is 10.1. The first kappa shape index (κ1) is 26.5. The van der Waals surface area contributed by atoms with Crippen LogP contribution in [0.15, 0.2) is 70.7 Å². The van der Waals surface area contributed by atoms with Gasteiger partial charge in [0.2, 0.25) is 5.16 Å². The summed E-state index contributed by atoms with van der Waals surface area (Å²) in [7, 11) is 1.51. The number of aliphatic carboxylic acids is 1. The number of methoxy groups -OCH3 is 1. The zero-order valence-corrected chi connectivity index (χ0v) is 23.0. The van der Waals surface area contributed by atoms with Gasteiger partial charge in [0.25, 0.3) is 0 Å². The predicted molar refractivity (Wildman–Crippen MR) is 149 cm³/mol. The number of hydrogen-bond acceptors (Lipinski definition) is 7. The average molecular weight is 645 g/mol. The van der Waals surface area contributed by atoms with Crippen molar-refractivity contribution in [1.29, 1.82) is 5.26 Å². The van der Waals surface area contributed by atoms with Crippen molar-refractivity contribution in [3.8, 4) is 29.0 Å². The molecule has 1 heterocycles. The minimum Gasteiger partial charge on any atom is -0.493 e. The van der Waals surface area contributed by atoms with Crippen molar-refractivity contribution < 1.29 is 19.4 Å². The first-order valence-corrected chi connectivity index (χ1v) is 12.9. The highest BCUT2D eigenvalue weighted by Crippen LogP contribution is 2.36. The Kier molecular flexibility index (Phi) is 8.70. The molecule has 4 aromatic rings.